The van der Waals surface area contributed by atoms with Crippen LogP contribution in [-0.4, -0.2) is 34.8 Å². The molecule has 6 N–H and O–H groups in total. The zero-order valence-electron chi connectivity index (χ0n) is 13.2. The van der Waals surface area contributed by atoms with Crippen LogP contribution in [0.1, 0.15) is 12.1 Å². The molecule has 0 spiro atoms. The molecule has 2 aromatic rings. The lowest BCUT2D eigenvalue weighted by Gasteiger charge is -2.31. The Hall–Kier alpha value is -2.74. The highest BCUT2D eigenvalue weighted by atomic mass is 16.5. The van der Waals surface area contributed by atoms with Crippen LogP contribution in [0.15, 0.2) is 35.6 Å². The van der Waals surface area contributed by atoms with Gasteiger partial charge in [0.2, 0.25) is 0 Å². The fourth-order valence-electron chi connectivity index (χ4n) is 2.55. The second-order valence-corrected chi connectivity index (χ2v) is 5.50. The van der Waals surface area contributed by atoms with Crippen LogP contribution in [0.5, 0.6) is 5.75 Å². The first kappa shape index (κ1) is 15.2. The lowest BCUT2D eigenvalue weighted by molar-refractivity contribution is 0.415. The number of aromatic nitrogens is 2. The van der Waals surface area contributed by atoms with Crippen molar-refractivity contribution in [2.45, 2.75) is 12.2 Å². The number of aryl methyl sites for hydroxylation is 1. The molecule has 0 saturated heterocycles. The molecule has 0 saturated carbocycles. The number of ether oxygens (including phenoxy) is 1. The van der Waals surface area contributed by atoms with E-state index in [4.69, 9.17) is 16.2 Å². The molecule has 0 aliphatic carbocycles. The van der Waals surface area contributed by atoms with Gasteiger partial charge < -0.3 is 25.7 Å². The predicted molar refractivity (Wildman–Crippen MR) is 90.6 cm³/mol. The van der Waals surface area contributed by atoms with E-state index in [1.807, 2.05) is 35.9 Å². The van der Waals surface area contributed by atoms with E-state index >= 15 is 0 Å². The van der Waals surface area contributed by atoms with Crippen molar-refractivity contribution in [2.24, 2.45) is 23.5 Å². The minimum atomic E-state index is -0.967. The summed E-state index contributed by atoms with van der Waals surface area (Å²) in [6.45, 7) is 0.634. The van der Waals surface area contributed by atoms with E-state index in [0.717, 1.165) is 17.1 Å². The maximum atomic E-state index is 6.30. The molecule has 0 amide bonds. The number of anilines is 2. The second-order valence-electron chi connectivity index (χ2n) is 5.50. The first-order valence-corrected chi connectivity index (χ1v) is 7.33. The van der Waals surface area contributed by atoms with Gasteiger partial charge in [-0.3, -0.25) is 5.73 Å². The summed E-state index contributed by atoms with van der Waals surface area (Å²) in [5, 5.41) is 6.45. The molecule has 23 heavy (non-hydrogen) atoms. The Morgan fingerprint density at radius 3 is 2.78 bits per heavy atom. The highest BCUT2D eigenvalue weighted by molar-refractivity contribution is 6.01. The normalized spacial score (nSPS) is 19.5. The molecule has 0 radical (unpaired) electrons. The number of nitrogens with one attached hydrogen (secondary N) is 2. The number of rotatable bonds is 5. The van der Waals surface area contributed by atoms with E-state index in [0.29, 0.717) is 24.6 Å². The molecule has 1 aliphatic heterocycles. The van der Waals surface area contributed by atoms with Gasteiger partial charge in [0.25, 0.3) is 0 Å². The third-order valence-corrected chi connectivity index (χ3v) is 3.76. The number of nitrogens with zero attached hydrogens (tertiary/aromatic N) is 3. The van der Waals surface area contributed by atoms with Gasteiger partial charge in [0.1, 0.15) is 17.3 Å². The van der Waals surface area contributed by atoms with Crippen molar-refractivity contribution in [2.75, 3.05) is 24.3 Å². The van der Waals surface area contributed by atoms with Gasteiger partial charge in [0.05, 0.1) is 13.4 Å². The van der Waals surface area contributed by atoms with Crippen molar-refractivity contribution < 1.29 is 4.74 Å². The fraction of sp³-hybridized carbons (Fsp3) is 0.333. The summed E-state index contributed by atoms with van der Waals surface area (Å²) in [5.74, 6) is 0.905. The maximum Gasteiger partial charge on any atom is 0.187 e. The van der Waals surface area contributed by atoms with Gasteiger partial charge in [-0.25, -0.2) is 9.98 Å². The third-order valence-electron chi connectivity index (χ3n) is 3.76. The number of benzene rings is 1. The van der Waals surface area contributed by atoms with Gasteiger partial charge in [-0.05, 0) is 24.3 Å². The van der Waals surface area contributed by atoms with Crippen LogP contribution in [0.25, 0.3) is 0 Å². The summed E-state index contributed by atoms with van der Waals surface area (Å²) in [6.07, 6.45) is 2.23. The molecule has 1 aromatic carbocycles. The number of imidazole rings is 1. The van der Waals surface area contributed by atoms with Crippen molar-refractivity contribution in [1.29, 1.82) is 0 Å². The number of nitrogens with two attached hydrogens (primary N) is 2. The molecule has 1 aromatic heterocycles. The zero-order valence-corrected chi connectivity index (χ0v) is 13.2. The van der Waals surface area contributed by atoms with Gasteiger partial charge in [0.15, 0.2) is 11.6 Å². The van der Waals surface area contributed by atoms with E-state index in [2.05, 4.69) is 20.6 Å². The number of hydrogen-bond donors (Lipinski definition) is 4. The molecule has 2 heterocycles. The van der Waals surface area contributed by atoms with Crippen molar-refractivity contribution in [3.63, 3.8) is 0 Å². The highest BCUT2D eigenvalue weighted by Crippen LogP contribution is 2.24. The molecule has 1 atom stereocenters. The van der Waals surface area contributed by atoms with E-state index in [1.165, 1.54) is 0 Å². The molecular weight excluding hydrogens is 294 g/mol. The number of hydrogen-bond acceptors (Lipinski definition) is 7. The molecular formula is C15H21N7O. The number of aliphatic imine (C=N–C) groups is 1. The number of amidine groups is 1. The maximum absolute atomic E-state index is 6.30. The molecule has 8 nitrogen and oxygen atoms in total. The lowest BCUT2D eigenvalue weighted by atomic mass is 10.2. The first-order chi connectivity index (χ1) is 11.0. The third kappa shape index (κ3) is 3.07. The summed E-state index contributed by atoms with van der Waals surface area (Å²) in [6, 6.07) is 7.70. The van der Waals surface area contributed by atoms with E-state index in [-0.39, 0.29) is 0 Å². The monoisotopic (exact) mass is 315 g/mol. The number of methoxy groups -OCH3 is 1. The molecule has 0 fully saturated rings. The molecule has 8 heteroatoms. The van der Waals surface area contributed by atoms with Crippen LogP contribution in [0.4, 0.5) is 11.5 Å². The summed E-state index contributed by atoms with van der Waals surface area (Å²) < 4.78 is 6.95. The van der Waals surface area contributed by atoms with Crippen molar-refractivity contribution in [3.05, 3.63) is 36.3 Å². The van der Waals surface area contributed by atoms with Gasteiger partial charge in [0, 0.05) is 25.7 Å². The quantitative estimate of drug-likeness (QED) is 0.645. The lowest BCUT2D eigenvalue weighted by Crippen LogP contribution is -2.51. The van der Waals surface area contributed by atoms with E-state index in [1.54, 1.807) is 13.4 Å². The largest absolute Gasteiger partial charge is 0.497 e. The van der Waals surface area contributed by atoms with Gasteiger partial charge in [-0.1, -0.05) is 0 Å². The molecule has 0 bridgehead atoms. The minimum absolute atomic E-state index is 0.394. The van der Waals surface area contributed by atoms with E-state index < -0.39 is 5.79 Å². The van der Waals surface area contributed by atoms with Crippen LogP contribution >= 0.6 is 0 Å². The molecule has 122 valence electrons. The topological polar surface area (TPSA) is 116 Å². The number of fused-ring (bicyclic) bond motifs is 1. The Morgan fingerprint density at radius 1 is 1.35 bits per heavy atom. The Kier molecular flexibility index (Phi) is 3.83. The molecule has 3 rings (SSSR count). The molecule has 1 aliphatic rings. The van der Waals surface area contributed by atoms with Gasteiger partial charge in [-0.2, -0.15) is 0 Å². The SMILES string of the molecule is COc1ccc(NCCC2(N)N=C(N)c3c(ncn3C)N2)cc1. The van der Waals surface area contributed by atoms with Crippen molar-refractivity contribution >= 4 is 17.3 Å². The Labute approximate surface area is 134 Å². The standard InChI is InChI=1S/C15H21N7O/c1-22-9-19-14-12(22)13(16)20-15(17,21-14)7-8-18-10-3-5-11(23-2)6-4-10/h3-6,9,18,21H,7-8,17H2,1-2H3,(H2,16,20). The average Bonchev–Trinajstić information content (AvgIpc) is 2.88. The van der Waals surface area contributed by atoms with Crippen LogP contribution in [0, 0.1) is 0 Å². The van der Waals surface area contributed by atoms with E-state index in [9.17, 15) is 0 Å². The first-order valence-electron chi connectivity index (χ1n) is 7.33. The second kappa shape index (κ2) is 5.81. The van der Waals surface area contributed by atoms with Crippen LogP contribution in [0.2, 0.25) is 0 Å². The van der Waals surface area contributed by atoms with Crippen LogP contribution in [0.3, 0.4) is 0 Å². The van der Waals surface area contributed by atoms with Crippen molar-refractivity contribution in [1.82, 2.24) is 9.55 Å². The Bertz CT molecular complexity index is 722. The van der Waals surface area contributed by atoms with Gasteiger partial charge >= 0.3 is 0 Å². The van der Waals surface area contributed by atoms with Crippen LogP contribution in [-0.2, 0) is 7.05 Å². The predicted octanol–water partition coefficient (Wildman–Crippen LogP) is 0.674. The van der Waals surface area contributed by atoms with Crippen LogP contribution < -0.4 is 26.8 Å². The smallest absolute Gasteiger partial charge is 0.187 e. The summed E-state index contributed by atoms with van der Waals surface area (Å²) in [7, 11) is 3.51. The Morgan fingerprint density at radius 2 is 2.09 bits per heavy atom. The summed E-state index contributed by atoms with van der Waals surface area (Å²) in [5.41, 5.74) is 14.1. The zero-order chi connectivity index (χ0) is 16.4. The summed E-state index contributed by atoms with van der Waals surface area (Å²) in [4.78, 5) is 8.65. The van der Waals surface area contributed by atoms with Gasteiger partial charge in [-0.15, -0.1) is 0 Å². The summed E-state index contributed by atoms with van der Waals surface area (Å²) >= 11 is 0. The Balaban J connectivity index is 1.63. The molecule has 1 unspecified atom stereocenters. The fourth-order valence-corrected chi connectivity index (χ4v) is 2.55. The highest BCUT2D eigenvalue weighted by Gasteiger charge is 2.32. The average molecular weight is 315 g/mol. The van der Waals surface area contributed by atoms with Crippen molar-refractivity contribution in [3.8, 4) is 5.75 Å². The minimum Gasteiger partial charge on any atom is -0.497 e.